The van der Waals surface area contributed by atoms with Crippen molar-refractivity contribution in [3.63, 3.8) is 0 Å². The maximum Gasteiger partial charge on any atom is 0.254 e. The predicted octanol–water partition coefficient (Wildman–Crippen LogP) is -0.396. The predicted molar refractivity (Wildman–Crippen MR) is 72.2 cm³/mol. The van der Waals surface area contributed by atoms with Gasteiger partial charge in [-0.15, -0.1) is 0 Å². The van der Waals surface area contributed by atoms with E-state index < -0.39 is 11.9 Å². The molecule has 1 atom stereocenters. The summed E-state index contributed by atoms with van der Waals surface area (Å²) in [5.41, 5.74) is 11.8. The van der Waals surface area contributed by atoms with Crippen molar-refractivity contribution in [2.45, 2.75) is 6.04 Å². The lowest BCUT2D eigenvalue weighted by Crippen LogP contribution is -2.54. The largest absolute Gasteiger partial charge is 0.497 e. The molecule has 7 nitrogen and oxygen atoms in total. The van der Waals surface area contributed by atoms with Crippen molar-refractivity contribution in [2.24, 2.45) is 5.73 Å². The Bertz CT molecular complexity index is 532. The summed E-state index contributed by atoms with van der Waals surface area (Å²) in [7, 11) is 1.49. The molecule has 1 unspecified atom stereocenters. The number of anilines is 1. The van der Waals surface area contributed by atoms with E-state index in [4.69, 9.17) is 20.9 Å². The van der Waals surface area contributed by atoms with E-state index in [0.717, 1.165) is 0 Å². The topological polar surface area (TPSA) is 108 Å². The first-order chi connectivity index (χ1) is 9.52. The number of ether oxygens (including phenoxy) is 2. The van der Waals surface area contributed by atoms with Gasteiger partial charge in [0.1, 0.15) is 11.8 Å². The highest BCUT2D eigenvalue weighted by atomic mass is 16.5. The number of carbonyl (C=O) groups is 2. The number of hydrogen-bond acceptors (Lipinski definition) is 5. The fourth-order valence-corrected chi connectivity index (χ4v) is 2.11. The second kappa shape index (κ2) is 5.79. The van der Waals surface area contributed by atoms with Crippen LogP contribution in [0, 0.1) is 0 Å². The number of carbonyl (C=O) groups excluding carboxylic acids is 2. The highest BCUT2D eigenvalue weighted by Crippen LogP contribution is 2.21. The van der Waals surface area contributed by atoms with Crippen LogP contribution in [0.3, 0.4) is 0 Å². The van der Waals surface area contributed by atoms with Gasteiger partial charge in [-0.3, -0.25) is 9.59 Å². The molecule has 1 heterocycles. The quantitative estimate of drug-likeness (QED) is 0.732. The Kier molecular flexibility index (Phi) is 4.09. The molecule has 20 heavy (non-hydrogen) atoms. The van der Waals surface area contributed by atoms with Gasteiger partial charge >= 0.3 is 0 Å². The van der Waals surface area contributed by atoms with Crippen LogP contribution in [0.15, 0.2) is 18.2 Å². The summed E-state index contributed by atoms with van der Waals surface area (Å²) in [6, 6.07) is 3.97. The van der Waals surface area contributed by atoms with Crippen molar-refractivity contribution in [3.05, 3.63) is 23.8 Å². The van der Waals surface area contributed by atoms with Crippen LogP contribution in [0.4, 0.5) is 5.69 Å². The van der Waals surface area contributed by atoms with Crippen LogP contribution in [0.5, 0.6) is 5.75 Å². The number of amides is 2. The summed E-state index contributed by atoms with van der Waals surface area (Å²) in [5, 5.41) is 0. The molecule has 1 aromatic carbocycles. The molecule has 0 radical (unpaired) electrons. The molecule has 0 aromatic heterocycles. The highest BCUT2D eigenvalue weighted by molar-refractivity contribution is 5.98. The van der Waals surface area contributed by atoms with E-state index in [-0.39, 0.29) is 12.5 Å². The average Bonchev–Trinajstić information content (AvgIpc) is 2.45. The van der Waals surface area contributed by atoms with Crippen molar-refractivity contribution < 1.29 is 19.1 Å². The Morgan fingerprint density at radius 3 is 2.80 bits per heavy atom. The van der Waals surface area contributed by atoms with Crippen molar-refractivity contribution in [3.8, 4) is 5.75 Å². The number of hydrogen-bond donors (Lipinski definition) is 2. The third kappa shape index (κ3) is 2.83. The third-order valence-electron chi connectivity index (χ3n) is 3.13. The Morgan fingerprint density at radius 2 is 2.15 bits per heavy atom. The summed E-state index contributed by atoms with van der Waals surface area (Å²) in [6.07, 6.45) is 0. The minimum Gasteiger partial charge on any atom is -0.497 e. The molecule has 7 heteroatoms. The van der Waals surface area contributed by atoms with Gasteiger partial charge in [0.2, 0.25) is 5.91 Å². The second-order valence-electron chi connectivity index (χ2n) is 4.49. The second-order valence-corrected chi connectivity index (χ2v) is 4.49. The molecule has 1 saturated heterocycles. The van der Waals surface area contributed by atoms with Gasteiger partial charge < -0.3 is 25.8 Å². The number of benzene rings is 1. The summed E-state index contributed by atoms with van der Waals surface area (Å²) in [4.78, 5) is 25.3. The van der Waals surface area contributed by atoms with Gasteiger partial charge in [0, 0.05) is 23.9 Å². The average molecular weight is 279 g/mol. The number of nitrogens with zero attached hydrogens (tertiary/aromatic N) is 1. The maximum absolute atomic E-state index is 12.5. The first-order valence-electron chi connectivity index (χ1n) is 6.15. The van der Waals surface area contributed by atoms with E-state index in [2.05, 4.69) is 0 Å². The zero-order chi connectivity index (χ0) is 14.7. The zero-order valence-corrected chi connectivity index (χ0v) is 11.2. The van der Waals surface area contributed by atoms with Crippen LogP contribution in [0.2, 0.25) is 0 Å². The Labute approximate surface area is 116 Å². The molecule has 4 N–H and O–H groups in total. The van der Waals surface area contributed by atoms with Gasteiger partial charge in [-0.2, -0.15) is 0 Å². The van der Waals surface area contributed by atoms with Crippen molar-refractivity contribution in [1.29, 1.82) is 0 Å². The molecule has 1 aromatic rings. The Morgan fingerprint density at radius 1 is 1.40 bits per heavy atom. The van der Waals surface area contributed by atoms with Crippen LogP contribution in [0.25, 0.3) is 0 Å². The number of primary amides is 1. The molecule has 1 fully saturated rings. The van der Waals surface area contributed by atoms with Crippen LogP contribution in [0.1, 0.15) is 10.4 Å². The van der Waals surface area contributed by atoms with Gasteiger partial charge in [-0.05, 0) is 12.1 Å². The number of morpholine rings is 1. The zero-order valence-electron chi connectivity index (χ0n) is 11.2. The molecule has 0 bridgehead atoms. The molecular weight excluding hydrogens is 262 g/mol. The number of nitrogen functional groups attached to an aromatic ring is 1. The smallest absolute Gasteiger partial charge is 0.254 e. The SMILES string of the molecule is COc1cc(N)cc(C(=O)N2CCOCC2C(N)=O)c1. The monoisotopic (exact) mass is 279 g/mol. The van der Waals surface area contributed by atoms with E-state index in [1.807, 2.05) is 0 Å². The third-order valence-corrected chi connectivity index (χ3v) is 3.13. The van der Waals surface area contributed by atoms with E-state index in [1.54, 1.807) is 18.2 Å². The van der Waals surface area contributed by atoms with Crippen molar-refractivity contribution >= 4 is 17.5 Å². The molecule has 0 spiro atoms. The van der Waals surface area contributed by atoms with Gasteiger partial charge in [-0.1, -0.05) is 0 Å². The van der Waals surface area contributed by atoms with Gasteiger partial charge in [0.25, 0.3) is 5.91 Å². The Balaban J connectivity index is 2.29. The summed E-state index contributed by atoms with van der Waals surface area (Å²) < 4.78 is 10.3. The minimum atomic E-state index is -0.760. The lowest BCUT2D eigenvalue weighted by Gasteiger charge is -2.33. The summed E-state index contributed by atoms with van der Waals surface area (Å²) >= 11 is 0. The highest BCUT2D eigenvalue weighted by Gasteiger charge is 2.32. The van der Waals surface area contributed by atoms with Crippen molar-refractivity contribution in [1.82, 2.24) is 4.90 Å². The number of methoxy groups -OCH3 is 1. The van der Waals surface area contributed by atoms with Gasteiger partial charge in [-0.25, -0.2) is 0 Å². The maximum atomic E-state index is 12.5. The minimum absolute atomic E-state index is 0.112. The first-order valence-corrected chi connectivity index (χ1v) is 6.15. The van der Waals surface area contributed by atoms with Gasteiger partial charge in [0.15, 0.2) is 0 Å². The lowest BCUT2D eigenvalue weighted by molar-refractivity contribution is -0.127. The van der Waals surface area contributed by atoms with Crippen molar-refractivity contribution in [2.75, 3.05) is 32.6 Å². The van der Waals surface area contributed by atoms with E-state index >= 15 is 0 Å². The molecule has 0 aliphatic carbocycles. The fraction of sp³-hybridized carbons (Fsp3) is 0.385. The standard InChI is InChI=1S/C13H17N3O4/c1-19-10-5-8(4-9(14)6-10)13(18)16-2-3-20-7-11(16)12(15)17/h4-6,11H,2-3,7,14H2,1H3,(H2,15,17). The molecule has 1 aliphatic rings. The summed E-state index contributed by atoms with van der Waals surface area (Å²) in [6.45, 7) is 0.791. The van der Waals surface area contributed by atoms with Crippen LogP contribution in [-0.2, 0) is 9.53 Å². The molecule has 0 saturated carbocycles. The number of nitrogens with two attached hydrogens (primary N) is 2. The molecule has 2 amide bonds. The van der Waals surface area contributed by atoms with Crippen LogP contribution < -0.4 is 16.2 Å². The fourth-order valence-electron chi connectivity index (χ4n) is 2.11. The van der Waals surface area contributed by atoms with E-state index in [0.29, 0.717) is 30.2 Å². The van der Waals surface area contributed by atoms with Crippen LogP contribution >= 0.6 is 0 Å². The first kappa shape index (κ1) is 14.1. The molecular formula is C13H17N3O4. The van der Waals surface area contributed by atoms with Gasteiger partial charge in [0.05, 0.1) is 20.3 Å². The number of rotatable bonds is 3. The van der Waals surface area contributed by atoms with Crippen LogP contribution in [-0.4, -0.2) is 49.6 Å². The molecule has 1 aliphatic heterocycles. The molecule has 2 rings (SSSR count). The summed E-state index contributed by atoms with van der Waals surface area (Å²) in [5.74, 6) is -0.422. The normalized spacial score (nSPS) is 18.6. The lowest BCUT2D eigenvalue weighted by atomic mass is 10.1. The Hall–Kier alpha value is -2.28. The molecule has 108 valence electrons. The van der Waals surface area contributed by atoms with E-state index in [1.165, 1.54) is 12.0 Å². The van der Waals surface area contributed by atoms with E-state index in [9.17, 15) is 9.59 Å².